The summed E-state index contributed by atoms with van der Waals surface area (Å²) in [5, 5.41) is 3.84. The summed E-state index contributed by atoms with van der Waals surface area (Å²) < 4.78 is 26.2. The molecule has 0 aliphatic rings. The van der Waals surface area contributed by atoms with Crippen LogP contribution in [0.3, 0.4) is 0 Å². The highest BCUT2D eigenvalue weighted by Gasteiger charge is 2.31. The molecule has 204 valence electrons. The van der Waals surface area contributed by atoms with Crippen LogP contribution >= 0.6 is 23.2 Å². The van der Waals surface area contributed by atoms with Crippen LogP contribution in [0.15, 0.2) is 42.5 Å². The van der Waals surface area contributed by atoms with Gasteiger partial charge in [0, 0.05) is 35.1 Å². The van der Waals surface area contributed by atoms with Crippen molar-refractivity contribution in [3.8, 4) is 0 Å². The van der Waals surface area contributed by atoms with Crippen molar-refractivity contribution in [3.63, 3.8) is 0 Å². The molecule has 0 saturated carbocycles. The number of rotatable bonds is 11. The molecule has 2 aromatic carbocycles. The van der Waals surface area contributed by atoms with E-state index >= 15 is 0 Å². The van der Waals surface area contributed by atoms with Crippen molar-refractivity contribution >= 4 is 50.7 Å². The van der Waals surface area contributed by atoms with Gasteiger partial charge in [-0.2, -0.15) is 0 Å². The molecule has 0 aliphatic heterocycles. The quantitative estimate of drug-likeness (QED) is 0.383. The summed E-state index contributed by atoms with van der Waals surface area (Å²) >= 11 is 12.4. The Morgan fingerprint density at radius 1 is 1.05 bits per heavy atom. The van der Waals surface area contributed by atoms with Crippen LogP contribution in [0.25, 0.3) is 0 Å². The highest BCUT2D eigenvalue weighted by molar-refractivity contribution is 7.92. The van der Waals surface area contributed by atoms with E-state index in [4.69, 9.17) is 23.2 Å². The lowest BCUT2D eigenvalue weighted by atomic mass is 10.0. The van der Waals surface area contributed by atoms with Crippen LogP contribution in [0.2, 0.25) is 10.0 Å². The molecule has 2 amide bonds. The van der Waals surface area contributed by atoms with Gasteiger partial charge < -0.3 is 10.2 Å². The second kappa shape index (κ2) is 13.0. The number of benzene rings is 2. The topological polar surface area (TPSA) is 86.8 Å². The standard InChI is InChI=1S/C27H37Cl2N3O4S/c1-7-24(26(34)30-27(3,4)5)31(18-20-12-13-21(28)17-23(20)29)25(33)9-8-16-32(37(6,35)36)22-14-10-19(2)11-15-22/h10-15,17,24H,7-9,16,18H2,1-6H3,(H,30,34)/t24-/m1/s1. The number of nitrogens with one attached hydrogen (secondary N) is 1. The number of hydrogen-bond donors (Lipinski definition) is 1. The molecule has 0 spiro atoms. The summed E-state index contributed by atoms with van der Waals surface area (Å²) in [5.41, 5.74) is 1.75. The molecule has 37 heavy (non-hydrogen) atoms. The van der Waals surface area contributed by atoms with Crippen LogP contribution in [0, 0.1) is 6.92 Å². The Hall–Kier alpha value is -2.29. The van der Waals surface area contributed by atoms with Crippen molar-refractivity contribution in [3.05, 3.63) is 63.6 Å². The van der Waals surface area contributed by atoms with Crippen LogP contribution in [0.5, 0.6) is 0 Å². The number of carbonyl (C=O) groups excluding carboxylic acids is 2. The zero-order valence-corrected chi connectivity index (χ0v) is 24.7. The van der Waals surface area contributed by atoms with Crippen LogP contribution in [-0.4, -0.2) is 49.5 Å². The minimum absolute atomic E-state index is 0.0579. The van der Waals surface area contributed by atoms with Gasteiger partial charge in [0.05, 0.1) is 11.9 Å². The number of aryl methyl sites for hydroxylation is 1. The Morgan fingerprint density at radius 3 is 2.19 bits per heavy atom. The highest BCUT2D eigenvalue weighted by atomic mass is 35.5. The average Bonchev–Trinajstić information content (AvgIpc) is 2.76. The summed E-state index contributed by atoms with van der Waals surface area (Å²) in [6.45, 7) is 9.67. The van der Waals surface area contributed by atoms with E-state index in [9.17, 15) is 18.0 Å². The lowest BCUT2D eigenvalue weighted by Gasteiger charge is -2.33. The van der Waals surface area contributed by atoms with Gasteiger partial charge in [0.1, 0.15) is 6.04 Å². The third kappa shape index (κ3) is 9.51. The molecule has 1 N–H and O–H groups in total. The van der Waals surface area contributed by atoms with E-state index in [1.807, 2.05) is 46.8 Å². The van der Waals surface area contributed by atoms with Crippen molar-refractivity contribution in [2.75, 3.05) is 17.1 Å². The third-order valence-electron chi connectivity index (χ3n) is 5.71. The Bertz CT molecular complexity index is 1200. The smallest absolute Gasteiger partial charge is 0.243 e. The fourth-order valence-corrected chi connectivity index (χ4v) is 5.35. The van der Waals surface area contributed by atoms with Crippen molar-refractivity contribution in [2.45, 2.75) is 72.0 Å². The molecule has 0 fully saturated rings. The van der Waals surface area contributed by atoms with E-state index in [-0.39, 0.29) is 37.7 Å². The van der Waals surface area contributed by atoms with Crippen LogP contribution in [-0.2, 0) is 26.2 Å². The Morgan fingerprint density at radius 2 is 1.68 bits per heavy atom. The fraction of sp³-hybridized carbons (Fsp3) is 0.481. The predicted molar refractivity (Wildman–Crippen MR) is 152 cm³/mol. The second-order valence-electron chi connectivity index (χ2n) is 10.2. The molecule has 2 aromatic rings. The first-order valence-corrected chi connectivity index (χ1v) is 14.8. The van der Waals surface area contributed by atoms with Gasteiger partial charge in [-0.25, -0.2) is 8.42 Å². The molecule has 1 atom stereocenters. The molecule has 0 bridgehead atoms. The molecular weight excluding hydrogens is 533 g/mol. The van der Waals surface area contributed by atoms with Gasteiger partial charge in [0.25, 0.3) is 0 Å². The maximum Gasteiger partial charge on any atom is 0.243 e. The number of hydrogen-bond acceptors (Lipinski definition) is 4. The van der Waals surface area contributed by atoms with Gasteiger partial charge in [-0.05, 0) is 70.4 Å². The maximum absolute atomic E-state index is 13.5. The minimum Gasteiger partial charge on any atom is -0.350 e. The van der Waals surface area contributed by atoms with E-state index in [1.54, 1.807) is 30.3 Å². The van der Waals surface area contributed by atoms with Crippen molar-refractivity contribution in [2.24, 2.45) is 0 Å². The van der Waals surface area contributed by atoms with Gasteiger partial charge in [-0.1, -0.05) is 53.9 Å². The zero-order chi connectivity index (χ0) is 28.0. The molecular formula is C27H37Cl2N3O4S. The van der Waals surface area contributed by atoms with Gasteiger partial charge in [-0.15, -0.1) is 0 Å². The second-order valence-corrected chi connectivity index (χ2v) is 12.9. The SMILES string of the molecule is CC[C@H](C(=O)NC(C)(C)C)N(Cc1ccc(Cl)cc1Cl)C(=O)CCCN(c1ccc(C)cc1)S(C)(=O)=O. The molecule has 7 nitrogen and oxygen atoms in total. The minimum atomic E-state index is -3.55. The summed E-state index contributed by atoms with van der Waals surface area (Å²) in [6.07, 6.45) is 1.88. The van der Waals surface area contributed by atoms with Crippen LogP contribution in [0.1, 0.15) is 58.1 Å². The number of nitrogens with zero attached hydrogens (tertiary/aromatic N) is 2. The largest absolute Gasteiger partial charge is 0.350 e. The third-order valence-corrected chi connectivity index (χ3v) is 7.50. The van der Waals surface area contributed by atoms with E-state index < -0.39 is 21.6 Å². The van der Waals surface area contributed by atoms with Crippen molar-refractivity contribution in [1.82, 2.24) is 10.2 Å². The van der Waals surface area contributed by atoms with E-state index in [0.29, 0.717) is 27.7 Å². The number of sulfonamides is 1. The van der Waals surface area contributed by atoms with Gasteiger partial charge in [0.2, 0.25) is 21.8 Å². The summed E-state index contributed by atoms with van der Waals surface area (Å²) in [7, 11) is -3.55. The highest BCUT2D eigenvalue weighted by Crippen LogP contribution is 2.25. The molecule has 10 heteroatoms. The van der Waals surface area contributed by atoms with E-state index in [1.165, 1.54) is 9.21 Å². The molecule has 0 radical (unpaired) electrons. The van der Waals surface area contributed by atoms with Gasteiger partial charge in [0.15, 0.2) is 0 Å². The molecule has 0 aliphatic carbocycles. The summed E-state index contributed by atoms with van der Waals surface area (Å²) in [5.74, 6) is -0.523. The van der Waals surface area contributed by atoms with Crippen molar-refractivity contribution in [1.29, 1.82) is 0 Å². The molecule has 0 unspecified atom stereocenters. The fourth-order valence-electron chi connectivity index (χ4n) is 3.92. The number of anilines is 1. The van der Waals surface area contributed by atoms with Crippen LogP contribution < -0.4 is 9.62 Å². The lowest BCUT2D eigenvalue weighted by Crippen LogP contribution is -2.53. The lowest BCUT2D eigenvalue weighted by molar-refractivity contribution is -0.142. The molecule has 0 heterocycles. The van der Waals surface area contributed by atoms with Gasteiger partial charge >= 0.3 is 0 Å². The Balaban J connectivity index is 2.27. The summed E-state index contributed by atoms with van der Waals surface area (Å²) in [4.78, 5) is 28.2. The summed E-state index contributed by atoms with van der Waals surface area (Å²) in [6, 6.07) is 11.5. The first kappa shape index (κ1) is 30.9. The van der Waals surface area contributed by atoms with E-state index in [0.717, 1.165) is 11.8 Å². The average molecular weight is 571 g/mol. The number of carbonyl (C=O) groups is 2. The zero-order valence-electron chi connectivity index (χ0n) is 22.3. The molecule has 0 saturated heterocycles. The van der Waals surface area contributed by atoms with Gasteiger partial charge in [-0.3, -0.25) is 13.9 Å². The van der Waals surface area contributed by atoms with Crippen molar-refractivity contribution < 1.29 is 18.0 Å². The maximum atomic E-state index is 13.5. The molecule has 0 aromatic heterocycles. The molecule has 2 rings (SSSR count). The number of halogens is 2. The monoisotopic (exact) mass is 569 g/mol. The number of amides is 2. The Labute approximate surface area is 231 Å². The first-order valence-electron chi connectivity index (χ1n) is 12.2. The van der Waals surface area contributed by atoms with E-state index in [2.05, 4.69) is 5.32 Å². The predicted octanol–water partition coefficient (Wildman–Crippen LogP) is 5.57. The first-order chi connectivity index (χ1) is 17.1. The normalized spacial score (nSPS) is 12.6. The Kier molecular flexibility index (Phi) is 10.9. The van der Waals surface area contributed by atoms with Crippen LogP contribution in [0.4, 0.5) is 5.69 Å².